The molecule has 2 heterocycles. The fourth-order valence-electron chi connectivity index (χ4n) is 2.42. The highest BCUT2D eigenvalue weighted by atomic mass is 79.9. The lowest BCUT2D eigenvalue weighted by Gasteiger charge is -2.10. The molecular formula is C17H17BrN4O. The average Bonchev–Trinajstić information content (AvgIpc) is 2.99. The number of hydrogen-bond donors (Lipinski definition) is 0. The van der Waals surface area contributed by atoms with Gasteiger partial charge in [-0.1, -0.05) is 6.92 Å². The van der Waals surface area contributed by atoms with Crippen LogP contribution in [0.4, 0.5) is 0 Å². The Morgan fingerprint density at radius 1 is 1.13 bits per heavy atom. The number of pyridine rings is 1. The molecule has 0 aliphatic carbocycles. The highest BCUT2D eigenvalue weighted by molar-refractivity contribution is 9.10. The maximum absolute atomic E-state index is 5.22. The number of rotatable bonds is 5. The van der Waals surface area contributed by atoms with Gasteiger partial charge in [0.15, 0.2) is 5.82 Å². The Kier molecular flexibility index (Phi) is 4.71. The van der Waals surface area contributed by atoms with Gasteiger partial charge in [-0.05, 0) is 52.7 Å². The van der Waals surface area contributed by atoms with E-state index in [9.17, 15) is 0 Å². The van der Waals surface area contributed by atoms with Gasteiger partial charge in [-0.25, -0.2) is 0 Å². The van der Waals surface area contributed by atoms with Crippen molar-refractivity contribution in [1.29, 1.82) is 0 Å². The summed E-state index contributed by atoms with van der Waals surface area (Å²) in [6.07, 6.45) is 5.44. The molecule has 0 saturated heterocycles. The van der Waals surface area contributed by atoms with E-state index in [2.05, 4.69) is 42.6 Å². The first-order valence-electron chi connectivity index (χ1n) is 7.42. The van der Waals surface area contributed by atoms with E-state index in [1.807, 2.05) is 36.5 Å². The minimum Gasteiger partial charge on any atom is -0.497 e. The molecule has 0 amide bonds. The fourth-order valence-corrected chi connectivity index (χ4v) is 2.78. The molecule has 0 atom stereocenters. The van der Waals surface area contributed by atoms with Crippen LogP contribution in [0.5, 0.6) is 5.75 Å². The van der Waals surface area contributed by atoms with Crippen molar-refractivity contribution < 1.29 is 4.74 Å². The lowest BCUT2D eigenvalue weighted by atomic mass is 10.2. The standard InChI is InChI=1S/C17H17BrN4O/c1-3-4-16-20-21-17(12-5-7-15(23-2)8-6-12)22(16)14-9-13(18)10-19-11-14/h5-11H,3-4H2,1-2H3. The monoisotopic (exact) mass is 372 g/mol. The highest BCUT2D eigenvalue weighted by Crippen LogP contribution is 2.26. The van der Waals surface area contributed by atoms with E-state index < -0.39 is 0 Å². The maximum Gasteiger partial charge on any atom is 0.168 e. The van der Waals surface area contributed by atoms with Crippen LogP contribution >= 0.6 is 15.9 Å². The largest absolute Gasteiger partial charge is 0.497 e. The molecule has 23 heavy (non-hydrogen) atoms. The van der Waals surface area contributed by atoms with Gasteiger partial charge in [-0.3, -0.25) is 9.55 Å². The lowest BCUT2D eigenvalue weighted by Crippen LogP contribution is -2.03. The van der Waals surface area contributed by atoms with E-state index in [0.717, 1.165) is 46.0 Å². The highest BCUT2D eigenvalue weighted by Gasteiger charge is 2.15. The number of halogens is 1. The Bertz CT molecular complexity index is 799. The van der Waals surface area contributed by atoms with Gasteiger partial charge < -0.3 is 4.74 Å². The Balaban J connectivity index is 2.13. The Morgan fingerprint density at radius 3 is 2.57 bits per heavy atom. The van der Waals surface area contributed by atoms with E-state index >= 15 is 0 Å². The topological polar surface area (TPSA) is 52.8 Å². The molecule has 0 bridgehead atoms. The van der Waals surface area contributed by atoms with Crippen LogP contribution < -0.4 is 4.74 Å². The minimum absolute atomic E-state index is 0.802. The number of methoxy groups -OCH3 is 1. The van der Waals surface area contributed by atoms with Crippen LogP contribution in [0.15, 0.2) is 47.2 Å². The number of aromatic nitrogens is 4. The zero-order chi connectivity index (χ0) is 16.2. The van der Waals surface area contributed by atoms with Crippen molar-refractivity contribution >= 4 is 15.9 Å². The molecular weight excluding hydrogens is 356 g/mol. The van der Waals surface area contributed by atoms with Crippen molar-refractivity contribution in [2.45, 2.75) is 19.8 Å². The summed E-state index contributed by atoms with van der Waals surface area (Å²) >= 11 is 3.48. The number of aryl methyl sites for hydroxylation is 1. The first-order chi connectivity index (χ1) is 11.2. The minimum atomic E-state index is 0.802. The summed E-state index contributed by atoms with van der Waals surface area (Å²) in [4.78, 5) is 4.26. The second-order valence-corrected chi connectivity index (χ2v) is 6.03. The quantitative estimate of drug-likeness (QED) is 0.677. The third kappa shape index (κ3) is 3.27. The Morgan fingerprint density at radius 2 is 1.91 bits per heavy atom. The van der Waals surface area contributed by atoms with Crippen LogP contribution in [0.25, 0.3) is 17.1 Å². The van der Waals surface area contributed by atoms with Gasteiger partial charge in [-0.2, -0.15) is 0 Å². The summed E-state index contributed by atoms with van der Waals surface area (Å²) in [6.45, 7) is 2.13. The second-order valence-electron chi connectivity index (χ2n) is 5.12. The molecule has 0 radical (unpaired) electrons. The molecule has 2 aromatic heterocycles. The van der Waals surface area contributed by atoms with Crippen molar-refractivity contribution in [3.8, 4) is 22.8 Å². The summed E-state index contributed by atoms with van der Waals surface area (Å²) in [5, 5.41) is 8.77. The molecule has 0 spiro atoms. The summed E-state index contributed by atoms with van der Waals surface area (Å²) in [6, 6.07) is 9.84. The summed E-state index contributed by atoms with van der Waals surface area (Å²) in [5.74, 6) is 2.55. The van der Waals surface area contributed by atoms with Crippen LogP contribution in [-0.2, 0) is 6.42 Å². The van der Waals surface area contributed by atoms with Gasteiger partial charge in [0.1, 0.15) is 11.6 Å². The van der Waals surface area contributed by atoms with Crippen LogP contribution in [0.1, 0.15) is 19.2 Å². The predicted molar refractivity (Wildman–Crippen MR) is 92.8 cm³/mol. The van der Waals surface area contributed by atoms with Crippen molar-refractivity contribution in [2.24, 2.45) is 0 Å². The molecule has 1 aromatic carbocycles. The summed E-state index contributed by atoms with van der Waals surface area (Å²) in [5.41, 5.74) is 1.93. The summed E-state index contributed by atoms with van der Waals surface area (Å²) in [7, 11) is 1.66. The van der Waals surface area contributed by atoms with Crippen LogP contribution in [-0.4, -0.2) is 26.9 Å². The number of hydrogen-bond acceptors (Lipinski definition) is 4. The van der Waals surface area contributed by atoms with Crippen molar-refractivity contribution in [1.82, 2.24) is 19.7 Å². The third-order valence-corrected chi connectivity index (χ3v) is 3.93. The van der Waals surface area contributed by atoms with E-state index in [1.54, 1.807) is 13.3 Å². The van der Waals surface area contributed by atoms with Crippen LogP contribution in [0.2, 0.25) is 0 Å². The van der Waals surface area contributed by atoms with Gasteiger partial charge in [0.2, 0.25) is 0 Å². The predicted octanol–water partition coefficient (Wildman–Crippen LogP) is 4.05. The zero-order valence-electron chi connectivity index (χ0n) is 13.0. The molecule has 118 valence electrons. The van der Waals surface area contributed by atoms with E-state index in [1.165, 1.54) is 0 Å². The van der Waals surface area contributed by atoms with Crippen LogP contribution in [0, 0.1) is 0 Å². The number of nitrogens with zero attached hydrogens (tertiary/aromatic N) is 4. The number of benzene rings is 1. The molecule has 0 aliphatic heterocycles. The van der Waals surface area contributed by atoms with Gasteiger partial charge in [-0.15, -0.1) is 10.2 Å². The maximum atomic E-state index is 5.22. The molecule has 0 N–H and O–H groups in total. The smallest absolute Gasteiger partial charge is 0.168 e. The first kappa shape index (κ1) is 15.7. The summed E-state index contributed by atoms with van der Waals surface area (Å²) < 4.78 is 8.20. The van der Waals surface area contributed by atoms with Gasteiger partial charge in [0, 0.05) is 22.7 Å². The average molecular weight is 373 g/mol. The number of ether oxygens (including phenoxy) is 1. The van der Waals surface area contributed by atoms with Gasteiger partial charge in [0.05, 0.1) is 19.0 Å². The van der Waals surface area contributed by atoms with Gasteiger partial charge in [0.25, 0.3) is 0 Å². The zero-order valence-corrected chi connectivity index (χ0v) is 14.6. The lowest BCUT2D eigenvalue weighted by molar-refractivity contribution is 0.415. The fraction of sp³-hybridized carbons (Fsp3) is 0.235. The molecule has 0 saturated carbocycles. The van der Waals surface area contributed by atoms with Crippen molar-refractivity contribution in [2.75, 3.05) is 7.11 Å². The molecule has 3 rings (SSSR count). The molecule has 0 unspecified atom stereocenters. The first-order valence-corrected chi connectivity index (χ1v) is 8.22. The molecule has 3 aromatic rings. The molecule has 0 fully saturated rings. The van der Waals surface area contributed by atoms with E-state index in [-0.39, 0.29) is 0 Å². The Labute approximate surface area is 143 Å². The third-order valence-electron chi connectivity index (χ3n) is 3.50. The van der Waals surface area contributed by atoms with Gasteiger partial charge >= 0.3 is 0 Å². The molecule has 6 heteroatoms. The SMILES string of the molecule is CCCc1nnc(-c2ccc(OC)cc2)n1-c1cncc(Br)c1. The second kappa shape index (κ2) is 6.91. The normalized spacial score (nSPS) is 10.7. The van der Waals surface area contributed by atoms with E-state index in [0.29, 0.717) is 0 Å². The van der Waals surface area contributed by atoms with Crippen LogP contribution in [0.3, 0.4) is 0 Å². The Hall–Kier alpha value is -2.21. The molecule has 0 aliphatic rings. The molecule has 5 nitrogen and oxygen atoms in total. The van der Waals surface area contributed by atoms with Crippen molar-refractivity contribution in [3.63, 3.8) is 0 Å². The van der Waals surface area contributed by atoms with Crippen molar-refractivity contribution in [3.05, 3.63) is 53.0 Å². The van der Waals surface area contributed by atoms with E-state index in [4.69, 9.17) is 4.74 Å².